The fourth-order valence-corrected chi connectivity index (χ4v) is 3.60. The van der Waals surface area contributed by atoms with Crippen LogP contribution in [0, 0.1) is 5.92 Å². The first-order valence-electron chi connectivity index (χ1n) is 8.94. The SMILES string of the molecule is CC(C)CNC1C(c2ccc(N3CCOCC3)nc2)CC(O)C1O. The van der Waals surface area contributed by atoms with E-state index in [9.17, 15) is 10.2 Å². The van der Waals surface area contributed by atoms with Crippen LogP contribution in [0.15, 0.2) is 18.3 Å². The van der Waals surface area contributed by atoms with E-state index in [1.165, 1.54) is 0 Å². The van der Waals surface area contributed by atoms with Crippen LogP contribution in [0.5, 0.6) is 0 Å². The summed E-state index contributed by atoms with van der Waals surface area (Å²) in [6, 6.07) is 3.99. The highest BCUT2D eigenvalue weighted by molar-refractivity contribution is 5.40. The van der Waals surface area contributed by atoms with E-state index in [0.29, 0.717) is 12.3 Å². The number of aromatic nitrogens is 1. The molecule has 2 fully saturated rings. The van der Waals surface area contributed by atoms with Crippen molar-refractivity contribution in [1.29, 1.82) is 0 Å². The van der Waals surface area contributed by atoms with Crippen molar-refractivity contribution in [2.24, 2.45) is 5.92 Å². The smallest absolute Gasteiger partial charge is 0.128 e. The summed E-state index contributed by atoms with van der Waals surface area (Å²) < 4.78 is 5.38. The molecule has 4 unspecified atom stereocenters. The van der Waals surface area contributed by atoms with Gasteiger partial charge in [0.1, 0.15) is 5.82 Å². The second kappa shape index (κ2) is 7.78. The molecular formula is C18H29N3O3. The molecule has 1 aliphatic heterocycles. The van der Waals surface area contributed by atoms with E-state index >= 15 is 0 Å². The topological polar surface area (TPSA) is 77.9 Å². The van der Waals surface area contributed by atoms with Gasteiger partial charge < -0.3 is 25.2 Å². The Morgan fingerprint density at radius 1 is 1.29 bits per heavy atom. The lowest BCUT2D eigenvalue weighted by atomic mass is 9.94. The van der Waals surface area contributed by atoms with Crippen LogP contribution in [0.25, 0.3) is 0 Å². The molecule has 1 aromatic rings. The van der Waals surface area contributed by atoms with E-state index in [4.69, 9.17) is 4.74 Å². The van der Waals surface area contributed by atoms with Crippen LogP contribution in [-0.4, -0.2) is 66.3 Å². The van der Waals surface area contributed by atoms with Crippen molar-refractivity contribution in [1.82, 2.24) is 10.3 Å². The van der Waals surface area contributed by atoms with Crippen LogP contribution in [0.4, 0.5) is 5.82 Å². The van der Waals surface area contributed by atoms with Crippen molar-refractivity contribution >= 4 is 5.82 Å². The van der Waals surface area contributed by atoms with Gasteiger partial charge >= 0.3 is 0 Å². The fourth-order valence-electron chi connectivity index (χ4n) is 3.60. The van der Waals surface area contributed by atoms with Crippen molar-refractivity contribution in [3.05, 3.63) is 23.9 Å². The second-order valence-corrected chi connectivity index (χ2v) is 7.28. The summed E-state index contributed by atoms with van der Waals surface area (Å²) in [7, 11) is 0. The maximum absolute atomic E-state index is 10.3. The van der Waals surface area contributed by atoms with E-state index in [-0.39, 0.29) is 12.0 Å². The molecule has 0 spiro atoms. The number of nitrogens with zero attached hydrogens (tertiary/aromatic N) is 2. The van der Waals surface area contributed by atoms with Gasteiger partial charge in [-0.1, -0.05) is 19.9 Å². The Kier molecular flexibility index (Phi) is 5.71. The van der Waals surface area contributed by atoms with Crippen molar-refractivity contribution < 1.29 is 14.9 Å². The molecule has 0 radical (unpaired) electrons. The third-order valence-corrected chi connectivity index (χ3v) is 4.99. The first-order valence-corrected chi connectivity index (χ1v) is 8.94. The average Bonchev–Trinajstić information content (AvgIpc) is 2.89. The van der Waals surface area contributed by atoms with Gasteiger partial charge in [-0.05, 0) is 30.5 Å². The second-order valence-electron chi connectivity index (χ2n) is 7.28. The minimum Gasteiger partial charge on any atom is -0.390 e. The van der Waals surface area contributed by atoms with Gasteiger partial charge in [0.25, 0.3) is 0 Å². The Hall–Kier alpha value is -1.21. The minimum absolute atomic E-state index is 0.0833. The average molecular weight is 335 g/mol. The maximum atomic E-state index is 10.3. The van der Waals surface area contributed by atoms with Crippen LogP contribution in [0.2, 0.25) is 0 Å². The molecule has 2 aliphatic rings. The quantitative estimate of drug-likeness (QED) is 0.737. The van der Waals surface area contributed by atoms with Crippen LogP contribution >= 0.6 is 0 Å². The van der Waals surface area contributed by atoms with E-state index < -0.39 is 12.2 Å². The summed E-state index contributed by atoms with van der Waals surface area (Å²) in [5, 5.41) is 23.8. The zero-order valence-electron chi connectivity index (χ0n) is 14.6. The van der Waals surface area contributed by atoms with Crippen LogP contribution in [0.1, 0.15) is 31.7 Å². The molecule has 2 heterocycles. The molecule has 24 heavy (non-hydrogen) atoms. The predicted molar refractivity (Wildman–Crippen MR) is 93.3 cm³/mol. The largest absolute Gasteiger partial charge is 0.390 e. The highest BCUT2D eigenvalue weighted by Crippen LogP contribution is 2.35. The molecule has 0 bridgehead atoms. The molecule has 1 saturated carbocycles. The minimum atomic E-state index is -0.729. The Morgan fingerprint density at radius 2 is 2.04 bits per heavy atom. The molecule has 4 atom stereocenters. The number of hydrogen-bond acceptors (Lipinski definition) is 6. The van der Waals surface area contributed by atoms with Crippen LogP contribution in [0.3, 0.4) is 0 Å². The molecule has 0 amide bonds. The molecule has 3 N–H and O–H groups in total. The number of ether oxygens (including phenoxy) is 1. The zero-order chi connectivity index (χ0) is 17.1. The Morgan fingerprint density at radius 3 is 2.67 bits per heavy atom. The normalized spacial score (nSPS) is 31.0. The molecule has 0 aromatic carbocycles. The van der Waals surface area contributed by atoms with Crippen molar-refractivity contribution in [3.8, 4) is 0 Å². The third-order valence-electron chi connectivity index (χ3n) is 4.99. The zero-order valence-corrected chi connectivity index (χ0v) is 14.6. The molecular weight excluding hydrogens is 306 g/mol. The molecule has 6 nitrogen and oxygen atoms in total. The van der Waals surface area contributed by atoms with E-state index in [2.05, 4.69) is 35.1 Å². The van der Waals surface area contributed by atoms with Gasteiger partial charge in [0.2, 0.25) is 0 Å². The van der Waals surface area contributed by atoms with E-state index in [1.54, 1.807) is 0 Å². The molecule has 1 aromatic heterocycles. The lowest BCUT2D eigenvalue weighted by Gasteiger charge is -2.28. The van der Waals surface area contributed by atoms with E-state index in [1.807, 2.05) is 12.3 Å². The lowest BCUT2D eigenvalue weighted by molar-refractivity contribution is 0.0296. The fraction of sp³-hybridized carbons (Fsp3) is 0.722. The Labute approximate surface area is 143 Å². The standard InChI is InChI=1S/C18H29N3O3/c1-12(2)10-20-17-14(9-15(22)18(17)23)13-3-4-16(19-11-13)21-5-7-24-8-6-21/h3-4,11-12,14-15,17-18,20,22-23H,5-10H2,1-2H3. The summed E-state index contributed by atoms with van der Waals surface area (Å²) in [6.07, 6.45) is 1.05. The number of nitrogens with one attached hydrogen (secondary N) is 1. The van der Waals surface area contributed by atoms with E-state index in [0.717, 1.165) is 44.2 Å². The van der Waals surface area contributed by atoms with Gasteiger partial charge in [-0.15, -0.1) is 0 Å². The molecule has 1 aliphatic carbocycles. The summed E-state index contributed by atoms with van der Waals surface area (Å²) >= 11 is 0. The first kappa shape index (κ1) is 17.6. The number of aliphatic hydroxyl groups excluding tert-OH is 2. The molecule has 3 rings (SSSR count). The number of hydrogen-bond donors (Lipinski definition) is 3. The van der Waals surface area contributed by atoms with Crippen molar-refractivity contribution in [2.75, 3.05) is 37.7 Å². The van der Waals surface area contributed by atoms with Crippen molar-refractivity contribution in [3.63, 3.8) is 0 Å². The van der Waals surface area contributed by atoms with Crippen LogP contribution < -0.4 is 10.2 Å². The lowest BCUT2D eigenvalue weighted by Crippen LogP contribution is -2.43. The monoisotopic (exact) mass is 335 g/mol. The number of pyridine rings is 1. The molecule has 134 valence electrons. The first-order chi connectivity index (χ1) is 11.6. The number of rotatable bonds is 5. The van der Waals surface area contributed by atoms with Gasteiger partial charge in [-0.3, -0.25) is 0 Å². The van der Waals surface area contributed by atoms with Crippen LogP contribution in [-0.2, 0) is 4.74 Å². The summed E-state index contributed by atoms with van der Waals surface area (Å²) in [6.45, 7) is 8.32. The summed E-state index contributed by atoms with van der Waals surface area (Å²) in [5.41, 5.74) is 1.07. The maximum Gasteiger partial charge on any atom is 0.128 e. The van der Waals surface area contributed by atoms with Gasteiger partial charge in [-0.25, -0.2) is 4.98 Å². The highest BCUT2D eigenvalue weighted by atomic mass is 16.5. The van der Waals surface area contributed by atoms with Gasteiger partial charge in [-0.2, -0.15) is 0 Å². The number of aliphatic hydroxyl groups is 2. The third kappa shape index (κ3) is 3.88. The van der Waals surface area contributed by atoms with Gasteiger partial charge in [0.05, 0.1) is 25.4 Å². The summed E-state index contributed by atoms with van der Waals surface area (Å²) in [5.74, 6) is 1.55. The Balaban J connectivity index is 1.71. The highest BCUT2D eigenvalue weighted by Gasteiger charge is 2.42. The van der Waals surface area contributed by atoms with Gasteiger partial charge in [0.15, 0.2) is 0 Å². The molecule has 1 saturated heterocycles. The summed E-state index contributed by atoms with van der Waals surface area (Å²) in [4.78, 5) is 6.83. The van der Waals surface area contributed by atoms with Crippen molar-refractivity contribution in [2.45, 2.75) is 44.4 Å². The predicted octanol–water partition coefficient (Wildman–Crippen LogP) is 0.741. The van der Waals surface area contributed by atoms with Gasteiger partial charge in [0, 0.05) is 31.2 Å². The molecule has 6 heteroatoms. The number of morpholine rings is 1. The Bertz CT molecular complexity index is 517. The number of anilines is 1.